The van der Waals surface area contributed by atoms with Gasteiger partial charge in [0.15, 0.2) is 0 Å². The third kappa shape index (κ3) is 3.53. The maximum atomic E-state index is 12.9. The Bertz CT molecular complexity index is 703. The molecule has 0 atom stereocenters. The number of fused-ring (bicyclic) bond motifs is 1. The van der Waals surface area contributed by atoms with Crippen molar-refractivity contribution in [2.75, 3.05) is 19.8 Å². The number of nitrogens with one attached hydrogen (secondary N) is 1. The first-order chi connectivity index (χ1) is 11.1. The maximum Gasteiger partial charge on any atom is 0.305 e. The summed E-state index contributed by atoms with van der Waals surface area (Å²) in [6.45, 7) is 1.44. The van der Waals surface area contributed by atoms with Crippen molar-refractivity contribution in [1.82, 2.24) is 9.88 Å². The van der Waals surface area contributed by atoms with Gasteiger partial charge in [0.2, 0.25) is 0 Å². The van der Waals surface area contributed by atoms with Crippen LogP contribution in [0.4, 0.5) is 0 Å². The van der Waals surface area contributed by atoms with Crippen molar-refractivity contribution >= 4 is 22.8 Å². The van der Waals surface area contributed by atoms with Crippen LogP contribution in [0.5, 0.6) is 0 Å². The smallest absolute Gasteiger partial charge is 0.305 e. The number of hydrogen-bond donors (Lipinski definition) is 2. The lowest BCUT2D eigenvalue weighted by atomic mass is 10.0. The van der Waals surface area contributed by atoms with Crippen molar-refractivity contribution in [2.24, 2.45) is 0 Å². The van der Waals surface area contributed by atoms with Gasteiger partial charge in [-0.1, -0.05) is 6.07 Å². The number of hydrogen-bond acceptors (Lipinski definition) is 3. The van der Waals surface area contributed by atoms with Gasteiger partial charge in [-0.25, -0.2) is 0 Å². The second kappa shape index (κ2) is 6.83. The molecule has 6 nitrogen and oxygen atoms in total. The molecule has 0 aliphatic carbocycles. The van der Waals surface area contributed by atoms with Crippen LogP contribution in [-0.4, -0.2) is 52.7 Å². The Hall–Kier alpha value is -2.34. The van der Waals surface area contributed by atoms with Gasteiger partial charge in [0.25, 0.3) is 5.91 Å². The van der Waals surface area contributed by atoms with E-state index in [0.29, 0.717) is 18.8 Å². The lowest BCUT2D eigenvalue weighted by molar-refractivity contribution is -0.137. The van der Waals surface area contributed by atoms with Crippen LogP contribution in [-0.2, 0) is 9.53 Å². The van der Waals surface area contributed by atoms with Gasteiger partial charge in [-0.05, 0) is 36.4 Å². The molecular formula is C17H20N2O4. The standard InChI is InChI=1S/C17H20N2O4/c20-16(21)4-8-19(14-5-9-23-10-6-14)17(22)13-2-1-12-3-7-18-15(12)11-13/h1-3,7,11,14,18H,4-6,8-10H2,(H,20,21). The number of aliphatic carboxylic acids is 1. The fourth-order valence-electron chi connectivity index (χ4n) is 3.01. The Kier molecular flexibility index (Phi) is 4.62. The molecule has 2 aromatic rings. The van der Waals surface area contributed by atoms with Crippen molar-refractivity contribution in [1.29, 1.82) is 0 Å². The molecule has 23 heavy (non-hydrogen) atoms. The van der Waals surface area contributed by atoms with Crippen LogP contribution < -0.4 is 0 Å². The molecule has 1 aromatic heterocycles. The molecule has 1 amide bonds. The zero-order chi connectivity index (χ0) is 16.2. The molecule has 1 saturated heterocycles. The average Bonchev–Trinajstić information content (AvgIpc) is 3.03. The van der Waals surface area contributed by atoms with E-state index in [0.717, 1.165) is 23.7 Å². The van der Waals surface area contributed by atoms with E-state index in [4.69, 9.17) is 9.84 Å². The van der Waals surface area contributed by atoms with E-state index in [9.17, 15) is 9.59 Å². The molecule has 2 N–H and O–H groups in total. The van der Waals surface area contributed by atoms with Crippen molar-refractivity contribution in [2.45, 2.75) is 25.3 Å². The molecule has 1 aromatic carbocycles. The summed E-state index contributed by atoms with van der Waals surface area (Å²) in [6, 6.07) is 7.51. The summed E-state index contributed by atoms with van der Waals surface area (Å²) in [7, 11) is 0. The van der Waals surface area contributed by atoms with Gasteiger partial charge in [-0.3, -0.25) is 9.59 Å². The van der Waals surface area contributed by atoms with Crippen LogP contribution in [0, 0.1) is 0 Å². The number of nitrogens with zero attached hydrogens (tertiary/aromatic N) is 1. The number of rotatable bonds is 5. The van der Waals surface area contributed by atoms with E-state index >= 15 is 0 Å². The third-order valence-electron chi connectivity index (χ3n) is 4.26. The van der Waals surface area contributed by atoms with Crippen LogP contribution in [0.3, 0.4) is 0 Å². The summed E-state index contributed by atoms with van der Waals surface area (Å²) in [5.41, 5.74) is 1.48. The van der Waals surface area contributed by atoms with Gasteiger partial charge in [-0.15, -0.1) is 0 Å². The highest BCUT2D eigenvalue weighted by molar-refractivity contribution is 5.98. The van der Waals surface area contributed by atoms with Crippen LogP contribution in [0.1, 0.15) is 29.6 Å². The predicted molar refractivity (Wildman–Crippen MR) is 85.4 cm³/mol. The summed E-state index contributed by atoms with van der Waals surface area (Å²) >= 11 is 0. The quantitative estimate of drug-likeness (QED) is 0.886. The van der Waals surface area contributed by atoms with Gasteiger partial charge in [0, 0.05) is 43.1 Å². The highest BCUT2D eigenvalue weighted by Crippen LogP contribution is 2.20. The molecule has 122 valence electrons. The first-order valence-electron chi connectivity index (χ1n) is 7.83. The van der Waals surface area contributed by atoms with Gasteiger partial charge in [-0.2, -0.15) is 0 Å². The maximum absolute atomic E-state index is 12.9. The lowest BCUT2D eigenvalue weighted by Gasteiger charge is -2.34. The second-order valence-corrected chi connectivity index (χ2v) is 5.77. The molecule has 1 fully saturated rings. The summed E-state index contributed by atoms with van der Waals surface area (Å²) in [4.78, 5) is 28.6. The fourth-order valence-corrected chi connectivity index (χ4v) is 3.01. The number of ether oxygens (including phenoxy) is 1. The minimum absolute atomic E-state index is 0.0370. The van der Waals surface area contributed by atoms with Gasteiger partial charge in [0.1, 0.15) is 0 Å². The Labute approximate surface area is 134 Å². The number of H-pyrrole nitrogens is 1. The van der Waals surface area contributed by atoms with E-state index in [1.54, 1.807) is 11.0 Å². The van der Waals surface area contributed by atoms with Gasteiger partial charge in [0.05, 0.1) is 6.42 Å². The van der Waals surface area contributed by atoms with E-state index in [2.05, 4.69) is 4.98 Å². The van der Waals surface area contributed by atoms with Crippen LogP contribution >= 0.6 is 0 Å². The zero-order valence-electron chi connectivity index (χ0n) is 12.8. The number of carbonyl (C=O) groups excluding carboxylic acids is 1. The highest BCUT2D eigenvalue weighted by Gasteiger charge is 2.27. The van der Waals surface area contributed by atoms with Gasteiger partial charge < -0.3 is 19.7 Å². The predicted octanol–water partition coefficient (Wildman–Crippen LogP) is 2.26. The van der Waals surface area contributed by atoms with Crippen LogP contribution in [0.2, 0.25) is 0 Å². The highest BCUT2D eigenvalue weighted by atomic mass is 16.5. The van der Waals surface area contributed by atoms with E-state index in [1.165, 1.54) is 0 Å². The first kappa shape index (κ1) is 15.6. The normalized spacial score (nSPS) is 15.7. The number of aromatic amines is 1. The SMILES string of the molecule is O=C(O)CCN(C(=O)c1ccc2cc[nH]c2c1)C1CCOCC1. The summed E-state index contributed by atoms with van der Waals surface area (Å²) in [5, 5.41) is 10.0. The summed E-state index contributed by atoms with van der Waals surface area (Å²) in [6.07, 6.45) is 3.28. The summed E-state index contributed by atoms with van der Waals surface area (Å²) < 4.78 is 5.35. The Morgan fingerprint density at radius 1 is 1.26 bits per heavy atom. The molecule has 0 saturated carbocycles. The van der Waals surface area contributed by atoms with Crippen molar-refractivity contribution in [3.63, 3.8) is 0 Å². The number of amides is 1. The number of benzene rings is 1. The minimum atomic E-state index is -0.894. The van der Waals surface area contributed by atoms with Crippen LogP contribution in [0.25, 0.3) is 10.9 Å². The monoisotopic (exact) mass is 316 g/mol. The Morgan fingerprint density at radius 3 is 2.78 bits per heavy atom. The average molecular weight is 316 g/mol. The molecule has 2 heterocycles. The molecule has 0 unspecified atom stereocenters. The van der Waals surface area contributed by atoms with Crippen molar-refractivity contribution < 1.29 is 19.4 Å². The number of carboxylic acid groups (broad SMARTS) is 1. The van der Waals surface area contributed by atoms with Crippen molar-refractivity contribution in [3.8, 4) is 0 Å². The number of aromatic nitrogens is 1. The lowest BCUT2D eigenvalue weighted by Crippen LogP contribution is -2.44. The van der Waals surface area contributed by atoms with E-state index in [1.807, 2.05) is 24.4 Å². The molecule has 1 aliphatic rings. The van der Waals surface area contributed by atoms with E-state index < -0.39 is 5.97 Å². The molecule has 6 heteroatoms. The van der Waals surface area contributed by atoms with E-state index in [-0.39, 0.29) is 24.9 Å². The Balaban J connectivity index is 1.83. The topological polar surface area (TPSA) is 82.6 Å². The zero-order valence-corrected chi connectivity index (χ0v) is 12.8. The minimum Gasteiger partial charge on any atom is -0.481 e. The first-order valence-corrected chi connectivity index (χ1v) is 7.83. The molecule has 1 aliphatic heterocycles. The third-order valence-corrected chi connectivity index (χ3v) is 4.26. The molecule has 0 radical (unpaired) electrons. The molecule has 0 spiro atoms. The Morgan fingerprint density at radius 2 is 2.04 bits per heavy atom. The molecular weight excluding hydrogens is 296 g/mol. The second-order valence-electron chi connectivity index (χ2n) is 5.77. The summed E-state index contributed by atoms with van der Waals surface area (Å²) in [5.74, 6) is -1.01. The van der Waals surface area contributed by atoms with Crippen molar-refractivity contribution in [3.05, 3.63) is 36.0 Å². The van der Waals surface area contributed by atoms with Gasteiger partial charge >= 0.3 is 5.97 Å². The number of carboxylic acids is 1. The number of carbonyl (C=O) groups is 2. The van der Waals surface area contributed by atoms with Crippen LogP contribution in [0.15, 0.2) is 30.5 Å². The molecule has 3 rings (SSSR count). The largest absolute Gasteiger partial charge is 0.481 e. The fraction of sp³-hybridized carbons (Fsp3) is 0.412. The molecule has 0 bridgehead atoms.